The Balaban J connectivity index is 0. The second kappa shape index (κ2) is 15.8. The van der Waals surface area contributed by atoms with E-state index in [1.165, 1.54) is 10.6 Å². The third kappa shape index (κ3) is 26.2. The smallest absolute Gasteiger partial charge is 0.0878 e. The van der Waals surface area contributed by atoms with E-state index >= 15 is 0 Å². The molecule has 0 aromatic carbocycles. The van der Waals surface area contributed by atoms with Crippen molar-refractivity contribution in [3.8, 4) is 0 Å². The molecule has 46 valence electrons. The molecule has 0 saturated heterocycles. The standard InChI is InChI=1S/2C2H5.Al.HPS2/c2*1-2;;2-1-3/h2*1H2,2H3;;(H,2,3)/q;;+1;/p-1. The summed E-state index contributed by atoms with van der Waals surface area (Å²) in [5.74, 6) is 0. The van der Waals surface area contributed by atoms with Crippen LogP contribution in [0.15, 0.2) is 0 Å². The van der Waals surface area contributed by atoms with Crippen LogP contribution in [0, 0.1) is 0 Å². The minimum Gasteiger partial charge on any atom is -0.716 e. The summed E-state index contributed by atoms with van der Waals surface area (Å²) < 4.78 is 0. The molecule has 0 N–H and O–H groups in total. The summed E-state index contributed by atoms with van der Waals surface area (Å²) in [4.78, 5) is 0. The summed E-state index contributed by atoms with van der Waals surface area (Å²) in [7, 11) is 0. The van der Waals surface area contributed by atoms with Crippen LogP contribution in [0.5, 0.6) is 0 Å². The van der Waals surface area contributed by atoms with Crippen molar-refractivity contribution in [1.29, 1.82) is 0 Å². The third-order valence-electron chi connectivity index (χ3n) is 0.577. The van der Waals surface area contributed by atoms with Crippen LogP contribution in [0.4, 0.5) is 0 Å². The first-order chi connectivity index (χ1) is 3.83. The van der Waals surface area contributed by atoms with E-state index in [1.54, 1.807) is 0 Å². The normalized spacial score (nSPS) is 6.88. The summed E-state index contributed by atoms with van der Waals surface area (Å²) in [6.45, 7) is 5.08. The van der Waals surface area contributed by atoms with Crippen LogP contribution in [0.1, 0.15) is 13.8 Å². The molecule has 0 radical (unpaired) electrons. The molecule has 0 atom stereocenters. The Morgan fingerprint density at radius 3 is 1.75 bits per heavy atom. The zero-order chi connectivity index (χ0) is 6.83. The Bertz CT molecular complexity index is 41.0. The topological polar surface area (TPSA) is 0 Å². The Labute approximate surface area is 70.1 Å². The van der Waals surface area contributed by atoms with Crippen molar-refractivity contribution >= 4 is 45.8 Å². The van der Waals surface area contributed by atoms with Gasteiger partial charge in [0.25, 0.3) is 0 Å². The van der Waals surface area contributed by atoms with E-state index in [0.717, 1.165) is 15.2 Å². The summed E-state index contributed by atoms with van der Waals surface area (Å²) >= 11 is 9.18. The average Bonchev–Trinajstić information content (AvgIpc) is 1.71. The van der Waals surface area contributed by atoms with E-state index in [9.17, 15) is 0 Å². The Hall–Kier alpha value is 1.40. The SMILES string of the molecule is C[CH2][Al+][CH2]C.S=P[S-]. The predicted molar refractivity (Wildman–Crippen MR) is 48.4 cm³/mol. The predicted octanol–water partition coefficient (Wildman–Crippen LogP) is 2.42. The first kappa shape index (κ1) is 12.1. The van der Waals surface area contributed by atoms with Gasteiger partial charge >= 0.3 is 39.6 Å². The van der Waals surface area contributed by atoms with Gasteiger partial charge in [-0.25, -0.2) is 0 Å². The molecule has 0 unspecified atom stereocenters. The first-order valence-electron chi connectivity index (χ1n) is 2.60. The van der Waals surface area contributed by atoms with Crippen molar-refractivity contribution < 1.29 is 0 Å². The van der Waals surface area contributed by atoms with Crippen LogP contribution < -0.4 is 0 Å². The van der Waals surface area contributed by atoms with Gasteiger partial charge in [0.1, 0.15) is 0 Å². The van der Waals surface area contributed by atoms with Gasteiger partial charge in [-0.05, 0) is 0 Å². The van der Waals surface area contributed by atoms with Gasteiger partial charge in [-0.2, -0.15) is 6.56 Å². The number of rotatable bonds is 2. The van der Waals surface area contributed by atoms with Gasteiger partial charge in [0.2, 0.25) is 0 Å². The molecule has 0 nitrogen and oxygen atoms in total. The Morgan fingerprint density at radius 2 is 1.75 bits per heavy atom. The largest absolute Gasteiger partial charge is 0.716 e. The minimum absolute atomic E-state index is 0.583. The minimum atomic E-state index is 0.583. The average molecular weight is 180 g/mol. The molecule has 0 aromatic rings. The maximum atomic E-state index is 4.18. The van der Waals surface area contributed by atoms with Gasteiger partial charge in [-0.15, -0.1) is 0 Å². The molecule has 0 rings (SSSR count). The van der Waals surface area contributed by atoms with Crippen LogP contribution in [0.2, 0.25) is 10.6 Å². The van der Waals surface area contributed by atoms with Crippen molar-refractivity contribution in [2.24, 2.45) is 0 Å². The second-order valence-corrected chi connectivity index (χ2v) is 5.33. The fourth-order valence-corrected chi connectivity index (χ4v) is 0.866. The molecule has 8 heavy (non-hydrogen) atoms. The molecule has 0 fully saturated rings. The van der Waals surface area contributed by atoms with Gasteiger partial charge < -0.3 is 12.2 Å². The fraction of sp³-hybridized carbons (Fsp3) is 1.00. The molecule has 0 aliphatic carbocycles. The fourth-order valence-electron chi connectivity index (χ4n) is 0.289. The zero-order valence-corrected chi connectivity index (χ0v) is 8.94. The van der Waals surface area contributed by atoms with E-state index in [-0.39, 0.29) is 0 Å². The van der Waals surface area contributed by atoms with Gasteiger partial charge in [-0.1, -0.05) is 11.8 Å². The van der Waals surface area contributed by atoms with Crippen molar-refractivity contribution in [2.75, 3.05) is 0 Å². The van der Waals surface area contributed by atoms with Crippen molar-refractivity contribution in [1.82, 2.24) is 0 Å². The van der Waals surface area contributed by atoms with E-state index in [1.807, 2.05) is 0 Å². The number of hydrogen-bond donors (Lipinski definition) is 0. The van der Waals surface area contributed by atoms with Crippen molar-refractivity contribution in [3.63, 3.8) is 0 Å². The second-order valence-electron chi connectivity index (χ2n) is 1.18. The van der Waals surface area contributed by atoms with Crippen LogP contribution in [-0.4, -0.2) is 15.2 Å². The van der Waals surface area contributed by atoms with Gasteiger partial charge in [0.15, 0.2) is 0 Å². The van der Waals surface area contributed by atoms with Gasteiger partial charge in [-0.3, -0.25) is 0 Å². The van der Waals surface area contributed by atoms with Crippen LogP contribution in [0.25, 0.3) is 0 Å². The van der Waals surface area contributed by atoms with Gasteiger partial charge in [0.05, 0.1) is 0 Å². The van der Waals surface area contributed by atoms with Crippen LogP contribution in [0.3, 0.4) is 0 Å². The van der Waals surface area contributed by atoms with E-state index in [4.69, 9.17) is 0 Å². The third-order valence-corrected chi connectivity index (χ3v) is 1.73. The molecular formula is C4H10AlPS2. The molecule has 0 aliphatic rings. The van der Waals surface area contributed by atoms with Gasteiger partial charge in [0, 0.05) is 0 Å². The summed E-state index contributed by atoms with van der Waals surface area (Å²) in [6.07, 6.45) is 0. The molecule has 4 heteroatoms. The quantitative estimate of drug-likeness (QED) is 0.363. The summed E-state index contributed by atoms with van der Waals surface area (Å²) in [5, 5.41) is 2.85. The Kier molecular flexibility index (Phi) is 23.9. The monoisotopic (exact) mass is 180 g/mol. The maximum absolute atomic E-state index is 4.18. The molecule has 0 amide bonds. The van der Waals surface area contributed by atoms with Crippen LogP contribution in [-0.2, 0) is 24.1 Å². The van der Waals surface area contributed by atoms with Crippen molar-refractivity contribution in [2.45, 2.75) is 24.4 Å². The number of hydrogen-bond acceptors (Lipinski definition) is 2. The van der Waals surface area contributed by atoms with Crippen LogP contribution >= 0.6 is 6.56 Å². The molecular weight excluding hydrogens is 170 g/mol. The molecule has 0 heterocycles. The van der Waals surface area contributed by atoms with E-state index in [0.29, 0.717) is 6.56 Å². The van der Waals surface area contributed by atoms with E-state index in [2.05, 4.69) is 37.9 Å². The zero-order valence-electron chi connectivity index (χ0n) is 5.26. The van der Waals surface area contributed by atoms with Crippen molar-refractivity contribution in [3.05, 3.63) is 0 Å². The maximum Gasteiger partial charge on any atom is -0.0878 e. The molecule has 0 spiro atoms. The summed E-state index contributed by atoms with van der Waals surface area (Å²) in [5.41, 5.74) is 0. The molecule has 0 bridgehead atoms. The molecule has 0 saturated carbocycles. The Morgan fingerprint density at radius 1 is 1.50 bits per heavy atom. The van der Waals surface area contributed by atoms with E-state index < -0.39 is 0 Å². The summed E-state index contributed by atoms with van der Waals surface area (Å²) in [6, 6.07) is 0. The molecule has 0 aromatic heterocycles. The first-order valence-corrected chi connectivity index (χ1v) is 7.15. The molecule has 0 aliphatic heterocycles.